The van der Waals surface area contributed by atoms with Gasteiger partial charge in [-0.3, -0.25) is 15.1 Å². The van der Waals surface area contributed by atoms with E-state index in [1.807, 2.05) is 6.92 Å². The quantitative estimate of drug-likeness (QED) is 0.337. The molecule has 0 saturated heterocycles. The largest absolute Gasteiger partial charge is 0.462 e. The Labute approximate surface area is 149 Å². The second kappa shape index (κ2) is 8.19. The maximum atomic E-state index is 12.4. The first-order chi connectivity index (χ1) is 12.3. The minimum Gasteiger partial charge on any atom is -0.462 e. The van der Waals surface area contributed by atoms with Gasteiger partial charge in [-0.2, -0.15) is 0 Å². The van der Waals surface area contributed by atoms with Gasteiger partial charge >= 0.3 is 17.6 Å². The molecule has 0 fully saturated rings. The molecule has 2 rings (SSSR count). The van der Waals surface area contributed by atoms with E-state index in [1.54, 1.807) is 19.9 Å². The van der Waals surface area contributed by atoms with Crippen molar-refractivity contribution in [1.29, 1.82) is 0 Å². The lowest BCUT2D eigenvalue weighted by molar-refractivity contribution is -0.386. The van der Waals surface area contributed by atoms with Gasteiger partial charge in [0.15, 0.2) is 0 Å². The number of hydrogen-bond acceptors (Lipinski definition) is 7. The zero-order valence-electron chi connectivity index (χ0n) is 14.6. The van der Waals surface area contributed by atoms with E-state index in [9.17, 15) is 19.7 Å². The van der Waals surface area contributed by atoms with Crippen LogP contribution in [0.15, 0.2) is 30.6 Å². The van der Waals surface area contributed by atoms with Crippen LogP contribution in [-0.4, -0.2) is 28.5 Å². The molecule has 1 aromatic carbocycles. The van der Waals surface area contributed by atoms with Crippen molar-refractivity contribution in [2.75, 3.05) is 6.61 Å². The highest BCUT2D eigenvalue weighted by Crippen LogP contribution is 2.32. The number of nitro groups is 1. The van der Waals surface area contributed by atoms with Crippen molar-refractivity contribution in [3.05, 3.63) is 63.0 Å². The number of ether oxygens (including phenoxy) is 2. The predicted molar refractivity (Wildman–Crippen MR) is 92.3 cm³/mol. The van der Waals surface area contributed by atoms with E-state index < -0.39 is 16.9 Å². The van der Waals surface area contributed by atoms with E-state index in [0.717, 1.165) is 0 Å². The van der Waals surface area contributed by atoms with E-state index in [-0.39, 0.29) is 29.2 Å². The van der Waals surface area contributed by atoms with Crippen LogP contribution in [0.4, 0.5) is 5.69 Å². The summed E-state index contributed by atoms with van der Waals surface area (Å²) in [5, 5.41) is 11.3. The number of pyridine rings is 1. The van der Waals surface area contributed by atoms with Crippen LogP contribution in [0.25, 0.3) is 0 Å². The molecular formula is C18H18N2O6. The van der Waals surface area contributed by atoms with Crippen molar-refractivity contribution in [2.24, 2.45) is 0 Å². The Morgan fingerprint density at radius 3 is 2.38 bits per heavy atom. The van der Waals surface area contributed by atoms with Gasteiger partial charge in [-0.05, 0) is 44.0 Å². The van der Waals surface area contributed by atoms with E-state index >= 15 is 0 Å². The minimum atomic E-state index is -0.851. The second-order valence-electron chi connectivity index (χ2n) is 5.67. The third kappa shape index (κ3) is 4.41. The number of esters is 2. The fourth-order valence-corrected chi connectivity index (χ4v) is 2.33. The van der Waals surface area contributed by atoms with Gasteiger partial charge < -0.3 is 9.47 Å². The molecule has 0 amide bonds. The van der Waals surface area contributed by atoms with Gasteiger partial charge in [-0.25, -0.2) is 9.59 Å². The number of carbonyl (C=O) groups is 2. The van der Waals surface area contributed by atoms with Crippen molar-refractivity contribution in [1.82, 2.24) is 4.98 Å². The molecule has 2 aromatic rings. The Kier molecular flexibility index (Phi) is 6.00. The summed E-state index contributed by atoms with van der Waals surface area (Å²) in [5.74, 6) is -1.61. The van der Waals surface area contributed by atoms with Crippen LogP contribution in [0.5, 0.6) is 5.75 Å². The number of hydrogen-bond donors (Lipinski definition) is 0. The molecule has 0 bridgehead atoms. The molecule has 1 aromatic heterocycles. The smallest absolute Gasteiger partial charge is 0.345 e. The summed E-state index contributed by atoms with van der Waals surface area (Å²) >= 11 is 0. The maximum absolute atomic E-state index is 12.4. The number of rotatable bonds is 6. The molecule has 0 saturated carbocycles. The van der Waals surface area contributed by atoms with Gasteiger partial charge in [0.2, 0.25) is 5.75 Å². The fraction of sp³-hybridized carbons (Fsp3) is 0.278. The molecule has 0 aliphatic rings. The van der Waals surface area contributed by atoms with Crippen LogP contribution < -0.4 is 4.74 Å². The predicted octanol–water partition coefficient (Wildman–Crippen LogP) is 3.39. The van der Waals surface area contributed by atoms with E-state index in [4.69, 9.17) is 9.47 Å². The second-order valence-corrected chi connectivity index (χ2v) is 5.67. The lowest BCUT2D eigenvalue weighted by Gasteiger charge is -2.09. The third-order valence-electron chi connectivity index (χ3n) is 3.44. The van der Waals surface area contributed by atoms with E-state index in [0.29, 0.717) is 17.5 Å². The lowest BCUT2D eigenvalue weighted by Crippen LogP contribution is -2.13. The van der Waals surface area contributed by atoms with Gasteiger partial charge in [0.05, 0.1) is 22.7 Å². The van der Waals surface area contributed by atoms with Crippen LogP contribution >= 0.6 is 0 Å². The highest BCUT2D eigenvalue weighted by Gasteiger charge is 2.23. The van der Waals surface area contributed by atoms with Gasteiger partial charge in [-0.1, -0.05) is 6.92 Å². The molecule has 0 unspecified atom stereocenters. The van der Waals surface area contributed by atoms with Crippen molar-refractivity contribution in [3.63, 3.8) is 0 Å². The summed E-state index contributed by atoms with van der Waals surface area (Å²) in [6.45, 7) is 5.41. The number of carbonyl (C=O) groups excluding carboxylic acids is 2. The van der Waals surface area contributed by atoms with Gasteiger partial charge in [0, 0.05) is 18.0 Å². The maximum Gasteiger partial charge on any atom is 0.345 e. The standard InChI is InChI=1S/C18H18N2O6/c1-4-5-25-17(21)13-8-14(10-19-9-13)18(22)26-15-7-11(2)6-12(3)16(15)20(23)24/h6-10H,4-5H2,1-3H3. The van der Waals surface area contributed by atoms with Crippen LogP contribution in [0.2, 0.25) is 0 Å². The SMILES string of the molecule is CCCOC(=O)c1cncc(C(=O)Oc2cc(C)cc(C)c2[N+](=O)[O-])c1. The average Bonchev–Trinajstić information content (AvgIpc) is 2.58. The summed E-state index contributed by atoms with van der Waals surface area (Å²) in [6, 6.07) is 4.32. The molecular weight excluding hydrogens is 340 g/mol. The average molecular weight is 358 g/mol. The first-order valence-electron chi connectivity index (χ1n) is 7.93. The van der Waals surface area contributed by atoms with Gasteiger partial charge in [0.25, 0.3) is 0 Å². The Balaban J connectivity index is 2.29. The molecule has 8 heteroatoms. The Hall–Kier alpha value is -3.29. The number of nitro benzene ring substituents is 1. The molecule has 0 aliphatic heterocycles. The molecule has 0 spiro atoms. The molecule has 0 atom stereocenters. The van der Waals surface area contributed by atoms with Crippen molar-refractivity contribution < 1.29 is 24.0 Å². The minimum absolute atomic E-state index is 0.00981. The van der Waals surface area contributed by atoms with Crippen LogP contribution in [0.3, 0.4) is 0 Å². The summed E-state index contributed by atoms with van der Waals surface area (Å²) in [4.78, 5) is 38.7. The Morgan fingerprint density at radius 2 is 1.77 bits per heavy atom. The molecule has 0 radical (unpaired) electrons. The summed E-state index contributed by atoms with van der Waals surface area (Å²) < 4.78 is 10.2. The summed E-state index contributed by atoms with van der Waals surface area (Å²) in [6.07, 6.45) is 3.15. The molecule has 0 N–H and O–H groups in total. The van der Waals surface area contributed by atoms with Crippen molar-refractivity contribution >= 4 is 17.6 Å². The molecule has 0 aliphatic carbocycles. The normalized spacial score (nSPS) is 10.3. The fourth-order valence-electron chi connectivity index (χ4n) is 2.33. The number of benzene rings is 1. The lowest BCUT2D eigenvalue weighted by atomic mass is 10.1. The molecule has 1 heterocycles. The molecule has 8 nitrogen and oxygen atoms in total. The third-order valence-corrected chi connectivity index (χ3v) is 3.44. The molecule has 26 heavy (non-hydrogen) atoms. The number of aromatic nitrogens is 1. The molecule has 136 valence electrons. The first kappa shape index (κ1) is 19.0. The van der Waals surface area contributed by atoms with Crippen molar-refractivity contribution in [2.45, 2.75) is 27.2 Å². The van der Waals surface area contributed by atoms with Crippen LogP contribution in [0.1, 0.15) is 45.2 Å². The summed E-state index contributed by atoms with van der Waals surface area (Å²) in [5.41, 5.74) is 0.904. The zero-order chi connectivity index (χ0) is 19.3. The van der Waals surface area contributed by atoms with Gasteiger partial charge in [0.1, 0.15) is 0 Å². The van der Waals surface area contributed by atoms with Crippen LogP contribution in [0, 0.1) is 24.0 Å². The topological polar surface area (TPSA) is 109 Å². The monoisotopic (exact) mass is 358 g/mol. The van der Waals surface area contributed by atoms with E-state index in [1.165, 1.54) is 24.5 Å². The van der Waals surface area contributed by atoms with Crippen molar-refractivity contribution in [3.8, 4) is 5.75 Å². The Morgan fingerprint density at radius 1 is 1.12 bits per heavy atom. The Bertz CT molecular complexity index is 863. The first-order valence-corrected chi connectivity index (χ1v) is 7.93. The number of aryl methyl sites for hydroxylation is 2. The summed E-state index contributed by atoms with van der Waals surface area (Å²) in [7, 11) is 0. The van der Waals surface area contributed by atoms with Gasteiger partial charge in [-0.15, -0.1) is 0 Å². The van der Waals surface area contributed by atoms with Crippen LogP contribution in [-0.2, 0) is 4.74 Å². The highest BCUT2D eigenvalue weighted by atomic mass is 16.6. The van der Waals surface area contributed by atoms with E-state index in [2.05, 4.69) is 4.98 Å². The number of nitrogens with zero attached hydrogens (tertiary/aromatic N) is 2. The zero-order valence-corrected chi connectivity index (χ0v) is 14.6. The highest BCUT2D eigenvalue weighted by molar-refractivity contribution is 5.95.